The molecule has 1 aromatic rings. The van der Waals surface area contributed by atoms with Crippen LogP contribution < -0.4 is 4.90 Å². The molecule has 4 heteroatoms. The van der Waals surface area contributed by atoms with Crippen LogP contribution in [-0.4, -0.2) is 28.4 Å². The Balaban J connectivity index is 2.00. The zero-order chi connectivity index (χ0) is 12.1. The molecule has 0 radical (unpaired) electrons. The van der Waals surface area contributed by atoms with E-state index in [2.05, 4.69) is 43.8 Å². The molecule has 0 spiro atoms. The maximum absolute atomic E-state index is 4.40. The molecule has 94 valence electrons. The van der Waals surface area contributed by atoms with E-state index in [9.17, 15) is 0 Å². The first-order chi connectivity index (χ1) is 8.33. The summed E-state index contributed by atoms with van der Waals surface area (Å²) in [5.74, 6) is 1.94. The maximum Gasteiger partial charge on any atom is 0.132 e. The number of alkyl halides is 1. The highest BCUT2D eigenvalue weighted by Crippen LogP contribution is 2.23. The van der Waals surface area contributed by atoms with Crippen LogP contribution in [0.2, 0.25) is 0 Å². The molecule has 3 nitrogen and oxygen atoms in total. The third kappa shape index (κ3) is 3.41. The van der Waals surface area contributed by atoms with Gasteiger partial charge >= 0.3 is 0 Å². The predicted octanol–water partition coefficient (Wildman–Crippen LogP) is 3.04. The van der Waals surface area contributed by atoms with Gasteiger partial charge in [-0.2, -0.15) is 0 Å². The fraction of sp³-hybridized carbons (Fsp3) is 0.692. The lowest BCUT2D eigenvalue weighted by Crippen LogP contribution is -2.34. The van der Waals surface area contributed by atoms with Gasteiger partial charge in [0.05, 0.1) is 0 Å². The van der Waals surface area contributed by atoms with E-state index in [1.807, 2.05) is 0 Å². The lowest BCUT2D eigenvalue weighted by Gasteiger charge is -2.32. The number of hydrogen-bond acceptors (Lipinski definition) is 3. The monoisotopic (exact) mass is 297 g/mol. The van der Waals surface area contributed by atoms with Gasteiger partial charge in [0.25, 0.3) is 0 Å². The van der Waals surface area contributed by atoms with Gasteiger partial charge in [-0.1, -0.05) is 29.3 Å². The van der Waals surface area contributed by atoms with Crippen LogP contribution in [0.4, 0.5) is 5.82 Å². The summed E-state index contributed by atoms with van der Waals surface area (Å²) in [7, 11) is 0. The summed E-state index contributed by atoms with van der Waals surface area (Å²) in [6, 6.07) is 2.15. The second-order valence-corrected chi connectivity index (χ2v) is 5.35. The van der Waals surface area contributed by atoms with E-state index < -0.39 is 0 Å². The number of aromatic nitrogens is 2. The second kappa shape index (κ2) is 6.34. The Labute approximate surface area is 112 Å². The Hall–Kier alpha value is -0.640. The van der Waals surface area contributed by atoms with Crippen molar-refractivity contribution in [1.82, 2.24) is 9.97 Å². The van der Waals surface area contributed by atoms with Crippen molar-refractivity contribution in [2.45, 2.75) is 32.6 Å². The average Bonchev–Trinajstić information content (AvgIpc) is 2.40. The fourth-order valence-electron chi connectivity index (χ4n) is 2.27. The summed E-state index contributed by atoms with van der Waals surface area (Å²) < 4.78 is 0. The summed E-state index contributed by atoms with van der Waals surface area (Å²) in [4.78, 5) is 11.1. The Morgan fingerprint density at radius 3 is 2.76 bits per heavy atom. The smallest absolute Gasteiger partial charge is 0.132 e. The van der Waals surface area contributed by atoms with Gasteiger partial charge in [-0.15, -0.1) is 0 Å². The van der Waals surface area contributed by atoms with Crippen molar-refractivity contribution in [2.24, 2.45) is 5.92 Å². The van der Waals surface area contributed by atoms with E-state index in [-0.39, 0.29) is 0 Å². The third-order valence-electron chi connectivity index (χ3n) is 3.37. The molecule has 0 amide bonds. The molecule has 0 unspecified atom stereocenters. The zero-order valence-electron chi connectivity index (χ0n) is 10.4. The van der Waals surface area contributed by atoms with Crippen LogP contribution >= 0.6 is 15.9 Å². The maximum atomic E-state index is 4.40. The SMILES string of the molecule is CCCc1cc(N2CCC(CBr)CC2)ncn1. The lowest BCUT2D eigenvalue weighted by molar-refractivity contribution is 0.445. The molecule has 2 heterocycles. The largest absolute Gasteiger partial charge is 0.356 e. The Morgan fingerprint density at radius 2 is 2.12 bits per heavy atom. The standard InChI is InChI=1S/C13H20BrN3/c1-2-3-12-8-13(16-10-15-12)17-6-4-11(9-14)5-7-17/h8,10-11H,2-7,9H2,1H3. The molecule has 0 N–H and O–H groups in total. The molecule has 1 fully saturated rings. The summed E-state index contributed by atoms with van der Waals surface area (Å²) in [6.45, 7) is 4.43. The highest BCUT2D eigenvalue weighted by atomic mass is 79.9. The quantitative estimate of drug-likeness (QED) is 0.800. The van der Waals surface area contributed by atoms with E-state index in [0.717, 1.165) is 43.0 Å². The van der Waals surface area contributed by atoms with E-state index in [1.165, 1.54) is 18.5 Å². The highest BCUT2D eigenvalue weighted by Gasteiger charge is 2.19. The number of aryl methyl sites for hydroxylation is 1. The number of halogens is 1. The minimum absolute atomic E-state index is 0.836. The van der Waals surface area contributed by atoms with Crippen LogP contribution in [0, 0.1) is 5.92 Å². The van der Waals surface area contributed by atoms with Crippen LogP contribution in [0.3, 0.4) is 0 Å². The van der Waals surface area contributed by atoms with E-state index >= 15 is 0 Å². The lowest BCUT2D eigenvalue weighted by atomic mass is 9.99. The Morgan fingerprint density at radius 1 is 1.35 bits per heavy atom. The Bertz CT molecular complexity index is 348. The molecule has 1 aromatic heterocycles. The summed E-state index contributed by atoms with van der Waals surface area (Å²) >= 11 is 3.58. The molecule has 0 aromatic carbocycles. The van der Waals surface area contributed by atoms with Gasteiger partial charge in [0.1, 0.15) is 12.1 Å². The van der Waals surface area contributed by atoms with E-state index in [0.29, 0.717) is 0 Å². The van der Waals surface area contributed by atoms with Crippen molar-refractivity contribution in [3.63, 3.8) is 0 Å². The second-order valence-electron chi connectivity index (χ2n) is 4.70. The number of rotatable bonds is 4. The van der Waals surface area contributed by atoms with Gasteiger partial charge in [0.2, 0.25) is 0 Å². The zero-order valence-corrected chi connectivity index (χ0v) is 12.0. The normalized spacial score (nSPS) is 17.4. The van der Waals surface area contributed by atoms with Gasteiger partial charge in [-0.25, -0.2) is 9.97 Å². The molecular weight excluding hydrogens is 278 g/mol. The van der Waals surface area contributed by atoms with Gasteiger partial charge in [0.15, 0.2) is 0 Å². The van der Waals surface area contributed by atoms with Crippen LogP contribution in [0.1, 0.15) is 31.9 Å². The van der Waals surface area contributed by atoms with Crippen molar-refractivity contribution < 1.29 is 0 Å². The molecule has 1 saturated heterocycles. The molecule has 17 heavy (non-hydrogen) atoms. The molecular formula is C13H20BrN3. The first-order valence-corrected chi connectivity index (χ1v) is 7.57. The van der Waals surface area contributed by atoms with Crippen molar-refractivity contribution >= 4 is 21.7 Å². The average molecular weight is 298 g/mol. The predicted molar refractivity (Wildman–Crippen MR) is 74.8 cm³/mol. The minimum Gasteiger partial charge on any atom is -0.356 e. The summed E-state index contributed by atoms with van der Waals surface area (Å²) in [5, 5.41) is 1.13. The molecule has 2 rings (SSSR count). The van der Waals surface area contributed by atoms with Gasteiger partial charge in [-0.3, -0.25) is 0 Å². The Kier molecular flexibility index (Phi) is 4.77. The van der Waals surface area contributed by atoms with E-state index in [4.69, 9.17) is 0 Å². The summed E-state index contributed by atoms with van der Waals surface area (Å²) in [5.41, 5.74) is 1.17. The first kappa shape index (κ1) is 12.8. The van der Waals surface area contributed by atoms with Crippen molar-refractivity contribution in [3.05, 3.63) is 18.1 Å². The minimum atomic E-state index is 0.836. The summed E-state index contributed by atoms with van der Waals surface area (Å²) in [6.07, 6.45) is 6.42. The molecule has 1 aliphatic rings. The van der Waals surface area contributed by atoms with Crippen LogP contribution in [0.25, 0.3) is 0 Å². The fourth-order valence-corrected chi connectivity index (χ4v) is 2.92. The van der Waals surface area contributed by atoms with Crippen molar-refractivity contribution in [1.29, 1.82) is 0 Å². The van der Waals surface area contributed by atoms with Crippen LogP contribution in [-0.2, 0) is 6.42 Å². The topological polar surface area (TPSA) is 29.0 Å². The number of nitrogens with zero attached hydrogens (tertiary/aromatic N) is 3. The van der Waals surface area contributed by atoms with Crippen molar-refractivity contribution in [2.75, 3.05) is 23.3 Å². The van der Waals surface area contributed by atoms with E-state index in [1.54, 1.807) is 6.33 Å². The van der Waals surface area contributed by atoms with Crippen molar-refractivity contribution in [3.8, 4) is 0 Å². The molecule has 0 saturated carbocycles. The molecule has 0 atom stereocenters. The van der Waals surface area contributed by atoms with Crippen LogP contribution in [0.5, 0.6) is 0 Å². The third-order valence-corrected chi connectivity index (χ3v) is 4.29. The van der Waals surface area contributed by atoms with Gasteiger partial charge < -0.3 is 4.90 Å². The number of piperidine rings is 1. The molecule has 1 aliphatic heterocycles. The first-order valence-electron chi connectivity index (χ1n) is 6.45. The molecule has 0 aliphatic carbocycles. The van der Waals surface area contributed by atoms with Gasteiger partial charge in [0, 0.05) is 30.2 Å². The van der Waals surface area contributed by atoms with Crippen LogP contribution in [0.15, 0.2) is 12.4 Å². The number of anilines is 1. The number of hydrogen-bond donors (Lipinski definition) is 0. The molecule has 0 bridgehead atoms. The van der Waals surface area contributed by atoms with Gasteiger partial charge in [-0.05, 0) is 25.2 Å². The highest BCUT2D eigenvalue weighted by molar-refractivity contribution is 9.09.